The molecule has 0 aliphatic rings. The molecule has 0 rings (SSSR count). The molecule has 0 saturated carbocycles. The Labute approximate surface area is 492 Å². The third kappa shape index (κ3) is 63.6. The normalized spacial score (nSPS) is 13.3. The molecule has 0 fully saturated rings. The smallest absolute Gasteiger partial charge is 0.309 e. The summed E-state index contributed by atoms with van der Waals surface area (Å²) in [5, 5.41) is 0. The SMILES string of the molecule is CC/C=C\C/C=C\C/C=C\C/C=C\C/C=C\C/C=C\C/C=C\C/C=C\CCCCCCC(=O)OCC(COC(=O)C/C=C\C/C=C\C/C=C\C/C=C\C/C=C\CC)OC(=O)CCCCCCCCC/C=C\CCCCCCCCC. The number of allylic oxidation sites excluding steroid dienone is 27. The summed E-state index contributed by atoms with van der Waals surface area (Å²) < 4.78 is 16.8. The molecule has 1 atom stereocenters. The third-order valence-corrected chi connectivity index (χ3v) is 13.0. The second-order valence-corrected chi connectivity index (χ2v) is 20.6. The zero-order chi connectivity index (χ0) is 57.8. The summed E-state index contributed by atoms with van der Waals surface area (Å²) in [6.07, 6.45) is 98.1. The Hall–Kier alpha value is -5.23. The molecule has 0 saturated heterocycles. The van der Waals surface area contributed by atoms with Crippen molar-refractivity contribution in [2.24, 2.45) is 0 Å². The van der Waals surface area contributed by atoms with Crippen molar-refractivity contribution >= 4 is 17.9 Å². The molecule has 0 spiro atoms. The van der Waals surface area contributed by atoms with Crippen LogP contribution in [0.25, 0.3) is 0 Å². The maximum atomic E-state index is 12.9. The van der Waals surface area contributed by atoms with Gasteiger partial charge in [0.2, 0.25) is 0 Å². The predicted octanol–water partition coefficient (Wildman–Crippen LogP) is 22.3. The fourth-order valence-electron chi connectivity index (χ4n) is 8.23. The summed E-state index contributed by atoms with van der Waals surface area (Å²) in [4.78, 5) is 38.2. The monoisotopic (exact) mass is 1100 g/mol. The molecular weight excluding hydrogens is 985 g/mol. The van der Waals surface area contributed by atoms with Gasteiger partial charge in [0, 0.05) is 12.8 Å². The minimum Gasteiger partial charge on any atom is -0.462 e. The number of carbonyl (C=O) groups is 3. The van der Waals surface area contributed by atoms with E-state index in [0.29, 0.717) is 12.8 Å². The van der Waals surface area contributed by atoms with Crippen LogP contribution < -0.4 is 0 Å². The van der Waals surface area contributed by atoms with E-state index in [1.54, 1.807) is 6.08 Å². The Kier molecular flexibility index (Phi) is 61.9. The Morgan fingerprint density at radius 3 is 0.887 bits per heavy atom. The van der Waals surface area contributed by atoms with Crippen molar-refractivity contribution in [1.82, 2.24) is 0 Å². The van der Waals surface area contributed by atoms with Crippen molar-refractivity contribution in [3.05, 3.63) is 170 Å². The largest absolute Gasteiger partial charge is 0.462 e. The molecule has 0 aliphatic heterocycles. The van der Waals surface area contributed by atoms with Crippen LogP contribution in [0, 0.1) is 0 Å². The second-order valence-electron chi connectivity index (χ2n) is 20.6. The maximum Gasteiger partial charge on any atom is 0.309 e. The van der Waals surface area contributed by atoms with Crippen molar-refractivity contribution in [1.29, 1.82) is 0 Å². The van der Waals surface area contributed by atoms with Crippen LogP contribution in [-0.4, -0.2) is 37.2 Å². The van der Waals surface area contributed by atoms with Gasteiger partial charge < -0.3 is 14.2 Å². The van der Waals surface area contributed by atoms with Gasteiger partial charge in [0.25, 0.3) is 0 Å². The van der Waals surface area contributed by atoms with Crippen LogP contribution in [-0.2, 0) is 28.6 Å². The number of rotatable bonds is 56. The summed E-state index contributed by atoms with van der Waals surface area (Å²) in [6, 6.07) is 0. The first-order valence-corrected chi connectivity index (χ1v) is 32.1. The molecule has 0 amide bonds. The van der Waals surface area contributed by atoms with Gasteiger partial charge in [0.05, 0.1) is 6.42 Å². The molecule has 0 aromatic heterocycles. The first-order chi connectivity index (χ1) is 39.5. The standard InChI is InChI=1S/C74H116O6/c1-4-7-10-13-16-19-22-25-28-30-32-33-34-35-36-37-38-39-40-41-42-44-46-49-52-55-58-61-64-67-73(76)79-70-71(69-78-72(75)66-63-60-57-54-51-48-45-27-24-21-18-15-12-9-6-3)80-74(77)68-65-62-59-56-53-50-47-43-31-29-26-23-20-17-14-11-8-5-2/h7,9-10,12,16,18-19,21,25,27-29,31-33,35-36,38-39,41-42,45-46,49,51,54,60,63,71H,4-6,8,11,13-15,17,20,22-24,26,30,34,37,40,43-44,47-48,50,52-53,55-59,61-62,64-70H2,1-3H3/b10-7-,12-9-,19-16-,21-18-,28-25-,31-29-,33-32-,36-35-,39-38-,42-41-,45-27-,49-46-,54-51-,63-60-. The van der Waals surface area contributed by atoms with E-state index in [2.05, 4.69) is 179 Å². The van der Waals surface area contributed by atoms with E-state index in [-0.39, 0.29) is 31.6 Å². The van der Waals surface area contributed by atoms with E-state index in [4.69, 9.17) is 14.2 Å². The van der Waals surface area contributed by atoms with Gasteiger partial charge in [-0.1, -0.05) is 274 Å². The molecule has 1 unspecified atom stereocenters. The minimum absolute atomic E-state index is 0.114. The van der Waals surface area contributed by atoms with Gasteiger partial charge in [0.1, 0.15) is 13.2 Å². The Morgan fingerprint density at radius 2 is 0.537 bits per heavy atom. The van der Waals surface area contributed by atoms with Crippen molar-refractivity contribution in [2.45, 2.75) is 264 Å². The van der Waals surface area contributed by atoms with Gasteiger partial charge in [0.15, 0.2) is 6.10 Å². The lowest BCUT2D eigenvalue weighted by Crippen LogP contribution is -2.30. The molecule has 0 bridgehead atoms. The Morgan fingerprint density at radius 1 is 0.275 bits per heavy atom. The molecular formula is C74H116O6. The number of hydrogen-bond donors (Lipinski definition) is 0. The summed E-state index contributed by atoms with van der Waals surface area (Å²) in [7, 11) is 0. The van der Waals surface area contributed by atoms with Gasteiger partial charge in [-0.15, -0.1) is 0 Å². The first-order valence-electron chi connectivity index (χ1n) is 32.1. The van der Waals surface area contributed by atoms with Gasteiger partial charge >= 0.3 is 17.9 Å². The highest BCUT2D eigenvalue weighted by Gasteiger charge is 2.19. The molecule has 448 valence electrons. The highest BCUT2D eigenvalue weighted by atomic mass is 16.6. The summed E-state index contributed by atoms with van der Waals surface area (Å²) >= 11 is 0. The highest BCUT2D eigenvalue weighted by molar-refractivity contribution is 5.72. The van der Waals surface area contributed by atoms with Crippen LogP contribution in [0.1, 0.15) is 258 Å². The van der Waals surface area contributed by atoms with E-state index in [9.17, 15) is 14.4 Å². The van der Waals surface area contributed by atoms with Crippen molar-refractivity contribution in [3.8, 4) is 0 Å². The van der Waals surface area contributed by atoms with Crippen molar-refractivity contribution < 1.29 is 28.6 Å². The Balaban J connectivity index is 4.50. The Bertz CT molecular complexity index is 1840. The molecule has 6 nitrogen and oxygen atoms in total. The van der Waals surface area contributed by atoms with E-state index in [1.165, 1.54) is 83.5 Å². The average Bonchev–Trinajstić information content (AvgIpc) is 3.46. The average molecular weight is 1100 g/mol. The lowest BCUT2D eigenvalue weighted by Gasteiger charge is -2.18. The van der Waals surface area contributed by atoms with Crippen LogP contribution >= 0.6 is 0 Å². The predicted molar refractivity (Wildman–Crippen MR) is 348 cm³/mol. The molecule has 0 aliphatic carbocycles. The zero-order valence-corrected chi connectivity index (χ0v) is 51.3. The van der Waals surface area contributed by atoms with Crippen LogP contribution in [0.3, 0.4) is 0 Å². The molecule has 0 radical (unpaired) electrons. The number of carbonyl (C=O) groups excluding carboxylic acids is 3. The second kappa shape index (κ2) is 66.3. The van der Waals surface area contributed by atoms with E-state index >= 15 is 0 Å². The topological polar surface area (TPSA) is 78.9 Å². The summed E-state index contributed by atoms with van der Waals surface area (Å²) in [5.41, 5.74) is 0. The van der Waals surface area contributed by atoms with Crippen molar-refractivity contribution in [2.75, 3.05) is 13.2 Å². The summed E-state index contributed by atoms with van der Waals surface area (Å²) in [6.45, 7) is 6.29. The molecule has 0 N–H and O–H groups in total. The number of esters is 3. The quantitative estimate of drug-likeness (QED) is 0.0261. The van der Waals surface area contributed by atoms with E-state index < -0.39 is 12.1 Å². The lowest BCUT2D eigenvalue weighted by molar-refractivity contribution is -0.166. The molecule has 0 aromatic rings. The van der Waals surface area contributed by atoms with E-state index in [1.807, 2.05) is 6.08 Å². The molecule has 6 heteroatoms. The van der Waals surface area contributed by atoms with E-state index in [0.717, 1.165) is 135 Å². The van der Waals surface area contributed by atoms with Gasteiger partial charge in [-0.05, 0) is 135 Å². The minimum atomic E-state index is -0.841. The maximum absolute atomic E-state index is 12.9. The summed E-state index contributed by atoms with van der Waals surface area (Å²) in [5.74, 6) is -1.10. The third-order valence-electron chi connectivity index (χ3n) is 13.0. The van der Waals surface area contributed by atoms with Gasteiger partial charge in [-0.25, -0.2) is 0 Å². The highest BCUT2D eigenvalue weighted by Crippen LogP contribution is 2.14. The van der Waals surface area contributed by atoms with Gasteiger partial charge in [-0.3, -0.25) is 14.4 Å². The number of ether oxygens (including phenoxy) is 3. The lowest BCUT2D eigenvalue weighted by atomic mass is 10.1. The molecule has 80 heavy (non-hydrogen) atoms. The fourth-order valence-corrected chi connectivity index (χ4v) is 8.23. The van der Waals surface area contributed by atoms with Crippen LogP contribution in [0.15, 0.2) is 170 Å². The molecule has 0 aromatic carbocycles. The number of unbranched alkanes of at least 4 members (excludes halogenated alkanes) is 18. The first kappa shape index (κ1) is 74.8. The van der Waals surface area contributed by atoms with Crippen LogP contribution in [0.2, 0.25) is 0 Å². The molecule has 0 heterocycles. The van der Waals surface area contributed by atoms with Crippen molar-refractivity contribution in [3.63, 3.8) is 0 Å². The van der Waals surface area contributed by atoms with Crippen LogP contribution in [0.4, 0.5) is 0 Å². The van der Waals surface area contributed by atoms with Crippen LogP contribution in [0.5, 0.6) is 0 Å². The zero-order valence-electron chi connectivity index (χ0n) is 51.3. The van der Waals surface area contributed by atoms with Gasteiger partial charge in [-0.2, -0.15) is 0 Å². The fraction of sp³-hybridized carbons (Fsp3) is 0.581. The number of hydrogen-bond acceptors (Lipinski definition) is 6.